The van der Waals surface area contributed by atoms with Crippen molar-refractivity contribution < 1.29 is 14.6 Å². The predicted molar refractivity (Wildman–Crippen MR) is 114 cm³/mol. The molecule has 0 aliphatic carbocycles. The van der Waals surface area contributed by atoms with Gasteiger partial charge in [-0.3, -0.25) is 0 Å². The molecule has 152 valence electrons. The number of aliphatic hydroxyl groups is 1. The largest absolute Gasteiger partial charge is 0.493 e. The monoisotopic (exact) mass is 412 g/mol. The fourth-order valence-electron chi connectivity index (χ4n) is 2.62. The summed E-state index contributed by atoms with van der Waals surface area (Å²) in [4.78, 5) is 0. The van der Waals surface area contributed by atoms with E-state index in [0.717, 1.165) is 16.8 Å². The van der Waals surface area contributed by atoms with Gasteiger partial charge < -0.3 is 14.6 Å². The fourth-order valence-corrected chi connectivity index (χ4v) is 3.42. The molecule has 0 spiro atoms. The van der Waals surface area contributed by atoms with Crippen molar-refractivity contribution in [1.82, 2.24) is 20.2 Å². The highest BCUT2D eigenvalue weighted by atomic mass is 32.2. The zero-order valence-corrected chi connectivity index (χ0v) is 17.5. The minimum Gasteiger partial charge on any atom is -0.493 e. The summed E-state index contributed by atoms with van der Waals surface area (Å²) in [6, 6.07) is 13.6. The van der Waals surface area contributed by atoms with Gasteiger partial charge in [0.05, 0.1) is 18.9 Å². The van der Waals surface area contributed by atoms with Gasteiger partial charge in [0, 0.05) is 5.75 Å². The molecule has 8 heteroatoms. The molecule has 3 rings (SSSR count). The van der Waals surface area contributed by atoms with Crippen LogP contribution in [0.25, 0.3) is 11.8 Å². The van der Waals surface area contributed by atoms with Crippen LogP contribution in [0, 0.1) is 6.92 Å². The van der Waals surface area contributed by atoms with Crippen LogP contribution in [0.3, 0.4) is 0 Å². The van der Waals surface area contributed by atoms with Gasteiger partial charge in [-0.2, -0.15) is 4.68 Å². The van der Waals surface area contributed by atoms with Gasteiger partial charge in [-0.05, 0) is 54.1 Å². The van der Waals surface area contributed by atoms with Gasteiger partial charge in [0.1, 0.15) is 6.61 Å². The van der Waals surface area contributed by atoms with Crippen LogP contribution in [-0.2, 0) is 0 Å². The minimum atomic E-state index is -0.692. The van der Waals surface area contributed by atoms with Crippen molar-refractivity contribution in [2.75, 3.05) is 19.5 Å². The Balaban J connectivity index is 1.57. The van der Waals surface area contributed by atoms with Crippen LogP contribution in [0.1, 0.15) is 18.1 Å². The number of hydrogen-bond acceptors (Lipinski definition) is 7. The number of rotatable bonds is 9. The number of benzene rings is 2. The summed E-state index contributed by atoms with van der Waals surface area (Å²) in [5, 5.41) is 22.8. The molecule has 7 nitrogen and oxygen atoms in total. The van der Waals surface area contributed by atoms with Crippen LogP contribution < -0.4 is 9.47 Å². The van der Waals surface area contributed by atoms with Crippen molar-refractivity contribution >= 4 is 17.8 Å². The van der Waals surface area contributed by atoms with Crippen molar-refractivity contribution in [3.8, 4) is 17.2 Å². The van der Waals surface area contributed by atoms with Crippen LogP contribution in [0.2, 0.25) is 0 Å². The highest BCUT2D eigenvalue weighted by Gasteiger charge is 2.14. The highest BCUT2D eigenvalue weighted by molar-refractivity contribution is 7.99. The molecule has 0 amide bonds. The summed E-state index contributed by atoms with van der Waals surface area (Å²) in [6.45, 7) is 4.12. The molecule has 0 saturated carbocycles. The fraction of sp³-hybridized carbons (Fsp3) is 0.286. The molecule has 2 aromatic carbocycles. The SMILES string of the molecule is C/C=C/c1ccc(OCC(O)CSc2nnnn2-c2ccc(C)cc2)c(OC)c1. The quantitative estimate of drug-likeness (QED) is 0.538. The van der Waals surface area contributed by atoms with Crippen molar-refractivity contribution in [1.29, 1.82) is 0 Å². The molecule has 1 aromatic heterocycles. The lowest BCUT2D eigenvalue weighted by atomic mass is 10.2. The van der Waals surface area contributed by atoms with Crippen LogP contribution in [0.5, 0.6) is 11.5 Å². The maximum Gasteiger partial charge on any atom is 0.214 e. The van der Waals surface area contributed by atoms with Gasteiger partial charge in [0.2, 0.25) is 5.16 Å². The molecular weight excluding hydrogens is 388 g/mol. The van der Waals surface area contributed by atoms with Gasteiger partial charge in [-0.15, -0.1) is 5.10 Å². The molecule has 0 bridgehead atoms. The summed E-state index contributed by atoms with van der Waals surface area (Å²) >= 11 is 1.37. The average Bonchev–Trinajstić information content (AvgIpc) is 3.20. The Hall–Kier alpha value is -2.84. The molecule has 29 heavy (non-hydrogen) atoms. The van der Waals surface area contributed by atoms with Crippen molar-refractivity contribution in [2.45, 2.75) is 25.1 Å². The van der Waals surface area contributed by atoms with Crippen molar-refractivity contribution in [3.05, 3.63) is 59.7 Å². The van der Waals surface area contributed by atoms with Gasteiger partial charge in [-0.25, -0.2) is 0 Å². The van der Waals surface area contributed by atoms with Crippen LogP contribution in [0.15, 0.2) is 53.7 Å². The van der Waals surface area contributed by atoms with Crippen molar-refractivity contribution in [2.24, 2.45) is 0 Å². The van der Waals surface area contributed by atoms with E-state index in [1.54, 1.807) is 11.8 Å². The van der Waals surface area contributed by atoms with Crippen LogP contribution in [0.4, 0.5) is 0 Å². The second-order valence-corrected chi connectivity index (χ2v) is 7.38. The molecule has 0 aliphatic rings. The van der Waals surface area contributed by atoms with E-state index in [4.69, 9.17) is 9.47 Å². The lowest BCUT2D eigenvalue weighted by molar-refractivity contribution is 0.124. The number of allylic oxidation sites excluding steroid dienone is 1. The molecule has 1 N–H and O–H groups in total. The number of nitrogens with zero attached hydrogens (tertiary/aromatic N) is 4. The Kier molecular flexibility index (Phi) is 7.26. The standard InChI is InChI=1S/C21H24N4O3S/c1-4-5-16-8-11-19(20(12-16)27-3)28-13-18(26)14-29-21-22-23-24-25(21)17-9-6-15(2)7-10-17/h4-12,18,26H,13-14H2,1-3H3/b5-4+. The van der Waals surface area contributed by atoms with E-state index in [0.29, 0.717) is 22.4 Å². The van der Waals surface area contributed by atoms with E-state index in [1.165, 1.54) is 11.8 Å². The van der Waals surface area contributed by atoms with E-state index in [9.17, 15) is 5.11 Å². The topological polar surface area (TPSA) is 82.3 Å². The first-order chi connectivity index (χ1) is 14.1. The number of aromatic nitrogens is 4. The molecule has 1 heterocycles. The number of thioether (sulfide) groups is 1. The van der Waals surface area contributed by atoms with E-state index < -0.39 is 6.10 Å². The molecule has 0 aliphatic heterocycles. The van der Waals surface area contributed by atoms with Gasteiger partial charge >= 0.3 is 0 Å². The van der Waals surface area contributed by atoms with E-state index in [1.807, 2.05) is 68.5 Å². The zero-order valence-electron chi connectivity index (χ0n) is 16.6. The molecule has 0 radical (unpaired) electrons. The lowest BCUT2D eigenvalue weighted by Crippen LogP contribution is -2.20. The molecule has 1 unspecified atom stereocenters. The zero-order chi connectivity index (χ0) is 20.6. The number of methoxy groups -OCH3 is 1. The third-order valence-electron chi connectivity index (χ3n) is 4.10. The normalized spacial score (nSPS) is 12.3. The number of aliphatic hydroxyl groups excluding tert-OH is 1. The molecule has 0 saturated heterocycles. The third-order valence-corrected chi connectivity index (χ3v) is 5.17. The summed E-state index contributed by atoms with van der Waals surface area (Å²) in [5.74, 6) is 1.61. The number of hydrogen-bond donors (Lipinski definition) is 1. The first-order valence-corrected chi connectivity index (χ1v) is 10.2. The first-order valence-electron chi connectivity index (χ1n) is 9.20. The predicted octanol–water partition coefficient (Wildman–Crippen LogP) is 3.54. The lowest BCUT2D eigenvalue weighted by Gasteiger charge is -2.14. The Labute approximate surface area is 174 Å². The molecule has 0 fully saturated rings. The van der Waals surface area contributed by atoms with E-state index >= 15 is 0 Å². The Morgan fingerprint density at radius 3 is 2.69 bits per heavy atom. The Morgan fingerprint density at radius 2 is 1.97 bits per heavy atom. The van der Waals surface area contributed by atoms with Crippen LogP contribution in [-0.4, -0.2) is 50.9 Å². The molecular formula is C21H24N4O3S. The molecule has 3 aromatic rings. The summed E-state index contributed by atoms with van der Waals surface area (Å²) < 4.78 is 12.8. The highest BCUT2D eigenvalue weighted by Crippen LogP contribution is 2.29. The van der Waals surface area contributed by atoms with E-state index in [-0.39, 0.29) is 6.61 Å². The number of tetrazole rings is 1. The third kappa shape index (κ3) is 5.58. The summed E-state index contributed by atoms with van der Waals surface area (Å²) in [6.07, 6.45) is 3.25. The molecule has 1 atom stereocenters. The second kappa shape index (κ2) is 10.1. The average molecular weight is 413 g/mol. The van der Waals surface area contributed by atoms with Gasteiger partial charge in [0.25, 0.3) is 0 Å². The summed E-state index contributed by atoms with van der Waals surface area (Å²) in [5.41, 5.74) is 3.06. The van der Waals surface area contributed by atoms with Gasteiger partial charge in [-0.1, -0.05) is 47.7 Å². The Bertz CT molecular complexity index is 957. The van der Waals surface area contributed by atoms with Gasteiger partial charge in [0.15, 0.2) is 11.5 Å². The second-order valence-electron chi connectivity index (χ2n) is 6.39. The first kappa shape index (κ1) is 20.9. The Morgan fingerprint density at radius 1 is 1.17 bits per heavy atom. The van der Waals surface area contributed by atoms with E-state index in [2.05, 4.69) is 15.5 Å². The van der Waals surface area contributed by atoms with Crippen LogP contribution >= 0.6 is 11.8 Å². The van der Waals surface area contributed by atoms with Crippen molar-refractivity contribution in [3.63, 3.8) is 0 Å². The number of ether oxygens (including phenoxy) is 2. The maximum absolute atomic E-state index is 10.3. The number of aryl methyl sites for hydroxylation is 1. The summed E-state index contributed by atoms with van der Waals surface area (Å²) in [7, 11) is 1.60. The maximum atomic E-state index is 10.3. The minimum absolute atomic E-state index is 0.137. The smallest absolute Gasteiger partial charge is 0.214 e.